The van der Waals surface area contributed by atoms with Gasteiger partial charge in [0.1, 0.15) is 11.9 Å². The van der Waals surface area contributed by atoms with Gasteiger partial charge in [0.25, 0.3) is 0 Å². The van der Waals surface area contributed by atoms with E-state index >= 15 is 0 Å². The summed E-state index contributed by atoms with van der Waals surface area (Å²) in [5, 5.41) is 0. The number of benzene rings is 1. The molecule has 0 saturated carbocycles. The molecule has 0 aromatic heterocycles. The normalized spacial score (nSPS) is 23.9. The van der Waals surface area contributed by atoms with E-state index in [1.165, 1.54) is 0 Å². The van der Waals surface area contributed by atoms with Crippen molar-refractivity contribution in [1.29, 1.82) is 0 Å². The summed E-state index contributed by atoms with van der Waals surface area (Å²) < 4.78 is 15.8. The molecule has 2 atom stereocenters. The monoisotopic (exact) mass is 208 g/mol. The second-order valence-electron chi connectivity index (χ2n) is 3.74. The van der Waals surface area contributed by atoms with Crippen LogP contribution in [-0.4, -0.2) is 25.9 Å². The third-order valence-electron chi connectivity index (χ3n) is 2.55. The van der Waals surface area contributed by atoms with Gasteiger partial charge >= 0.3 is 0 Å². The van der Waals surface area contributed by atoms with Crippen molar-refractivity contribution in [3.63, 3.8) is 0 Å². The molecule has 0 amide bonds. The Hall–Kier alpha value is -1.06. The van der Waals surface area contributed by atoms with E-state index in [9.17, 15) is 0 Å². The molecule has 2 rings (SSSR count). The van der Waals surface area contributed by atoms with Gasteiger partial charge < -0.3 is 14.2 Å². The predicted octanol–water partition coefficient (Wildman–Crippen LogP) is 2.00. The molecule has 15 heavy (non-hydrogen) atoms. The third kappa shape index (κ3) is 2.94. The minimum Gasteiger partial charge on any atom is -0.497 e. The topological polar surface area (TPSA) is 31.0 Å². The lowest BCUT2D eigenvalue weighted by Crippen LogP contribution is -2.03. The van der Waals surface area contributed by atoms with Gasteiger partial charge in [0.15, 0.2) is 0 Å². The molecule has 3 heteroatoms. The lowest BCUT2D eigenvalue weighted by Gasteiger charge is -2.03. The fraction of sp³-hybridized carbons (Fsp3) is 0.500. The van der Waals surface area contributed by atoms with Crippen LogP contribution in [0.2, 0.25) is 0 Å². The Morgan fingerprint density at radius 3 is 2.47 bits per heavy atom. The Balaban J connectivity index is 1.73. The molecule has 0 N–H and O–H groups in total. The lowest BCUT2D eigenvalue weighted by atomic mass is 10.2. The van der Waals surface area contributed by atoms with Gasteiger partial charge in [0.05, 0.1) is 26.4 Å². The minimum absolute atomic E-state index is 0.309. The molecule has 82 valence electrons. The second kappa shape index (κ2) is 4.64. The van der Waals surface area contributed by atoms with Crippen LogP contribution in [0.15, 0.2) is 24.3 Å². The molecule has 1 aliphatic rings. The lowest BCUT2D eigenvalue weighted by molar-refractivity contribution is 0.104. The first-order valence-electron chi connectivity index (χ1n) is 5.15. The number of ether oxygens (including phenoxy) is 3. The minimum atomic E-state index is 0.309. The molecule has 0 bridgehead atoms. The van der Waals surface area contributed by atoms with Crippen LogP contribution < -0.4 is 4.74 Å². The van der Waals surface area contributed by atoms with Crippen molar-refractivity contribution in [1.82, 2.24) is 0 Å². The fourth-order valence-corrected chi connectivity index (χ4v) is 1.42. The van der Waals surface area contributed by atoms with Crippen molar-refractivity contribution in [3.8, 4) is 5.75 Å². The van der Waals surface area contributed by atoms with E-state index in [1.54, 1.807) is 7.11 Å². The van der Waals surface area contributed by atoms with Crippen LogP contribution in [0.3, 0.4) is 0 Å². The summed E-state index contributed by atoms with van der Waals surface area (Å²) in [6.45, 7) is 3.38. The Morgan fingerprint density at radius 1 is 1.27 bits per heavy atom. The summed E-state index contributed by atoms with van der Waals surface area (Å²) in [6.07, 6.45) is 0.684. The average molecular weight is 208 g/mol. The standard InChI is InChI=1S/C12H16O3/c1-9-12(15-9)8-14-7-10-3-5-11(13-2)6-4-10/h3-6,9,12H,7-8H2,1-2H3/t9-,12+/m1/s1. The number of methoxy groups -OCH3 is 1. The molecule has 1 aliphatic heterocycles. The maximum atomic E-state index is 5.52. The second-order valence-corrected chi connectivity index (χ2v) is 3.74. The van der Waals surface area contributed by atoms with Crippen LogP contribution in [0.4, 0.5) is 0 Å². The van der Waals surface area contributed by atoms with Gasteiger partial charge in [-0.15, -0.1) is 0 Å². The molecule has 3 nitrogen and oxygen atoms in total. The van der Waals surface area contributed by atoms with Gasteiger partial charge in [-0.05, 0) is 24.6 Å². The first-order valence-corrected chi connectivity index (χ1v) is 5.15. The zero-order chi connectivity index (χ0) is 10.7. The van der Waals surface area contributed by atoms with Crippen molar-refractivity contribution in [2.24, 2.45) is 0 Å². The summed E-state index contributed by atoms with van der Waals surface area (Å²) in [5.41, 5.74) is 1.16. The number of hydrogen-bond acceptors (Lipinski definition) is 3. The van der Waals surface area contributed by atoms with E-state index < -0.39 is 0 Å². The smallest absolute Gasteiger partial charge is 0.118 e. The number of hydrogen-bond donors (Lipinski definition) is 0. The number of rotatable bonds is 5. The molecular formula is C12H16O3. The van der Waals surface area contributed by atoms with Gasteiger partial charge in [-0.25, -0.2) is 0 Å². The molecule has 1 saturated heterocycles. The largest absolute Gasteiger partial charge is 0.497 e. The van der Waals surface area contributed by atoms with E-state index in [0.717, 1.165) is 11.3 Å². The summed E-state index contributed by atoms with van der Waals surface area (Å²) in [7, 11) is 1.66. The Bertz CT molecular complexity index is 307. The van der Waals surface area contributed by atoms with E-state index in [-0.39, 0.29) is 0 Å². The van der Waals surface area contributed by atoms with Crippen LogP contribution in [0.1, 0.15) is 12.5 Å². The van der Waals surface area contributed by atoms with E-state index in [1.807, 2.05) is 24.3 Å². The molecular weight excluding hydrogens is 192 g/mol. The number of epoxide rings is 1. The maximum Gasteiger partial charge on any atom is 0.118 e. The van der Waals surface area contributed by atoms with Crippen molar-refractivity contribution in [3.05, 3.63) is 29.8 Å². The van der Waals surface area contributed by atoms with Crippen molar-refractivity contribution in [2.75, 3.05) is 13.7 Å². The van der Waals surface area contributed by atoms with Crippen LogP contribution in [0.25, 0.3) is 0 Å². The van der Waals surface area contributed by atoms with Gasteiger partial charge in [-0.2, -0.15) is 0 Å². The first-order chi connectivity index (χ1) is 7.29. The highest BCUT2D eigenvalue weighted by Gasteiger charge is 2.33. The van der Waals surface area contributed by atoms with Crippen LogP contribution in [0.5, 0.6) is 5.75 Å². The summed E-state index contributed by atoms with van der Waals surface area (Å²) in [5.74, 6) is 0.873. The maximum absolute atomic E-state index is 5.52. The molecule has 1 aromatic rings. The average Bonchev–Trinajstić information content (AvgIpc) is 2.96. The van der Waals surface area contributed by atoms with Gasteiger partial charge in [-0.1, -0.05) is 12.1 Å². The third-order valence-corrected chi connectivity index (χ3v) is 2.55. The highest BCUT2D eigenvalue weighted by atomic mass is 16.6. The van der Waals surface area contributed by atoms with E-state index in [0.29, 0.717) is 25.4 Å². The van der Waals surface area contributed by atoms with Gasteiger partial charge in [0.2, 0.25) is 0 Å². The zero-order valence-corrected chi connectivity index (χ0v) is 9.10. The molecule has 0 aliphatic carbocycles. The summed E-state index contributed by atoms with van der Waals surface area (Å²) >= 11 is 0. The van der Waals surface area contributed by atoms with Gasteiger partial charge in [0, 0.05) is 0 Å². The molecule has 1 aromatic carbocycles. The van der Waals surface area contributed by atoms with Crippen molar-refractivity contribution < 1.29 is 14.2 Å². The Morgan fingerprint density at radius 2 is 1.93 bits per heavy atom. The van der Waals surface area contributed by atoms with E-state index in [2.05, 4.69) is 6.92 Å². The summed E-state index contributed by atoms with van der Waals surface area (Å²) in [6, 6.07) is 7.90. The highest BCUT2D eigenvalue weighted by Crippen LogP contribution is 2.21. The van der Waals surface area contributed by atoms with Crippen molar-refractivity contribution in [2.45, 2.75) is 25.7 Å². The molecule has 1 fully saturated rings. The quantitative estimate of drug-likeness (QED) is 0.693. The Labute approximate surface area is 90.0 Å². The predicted molar refractivity (Wildman–Crippen MR) is 57.0 cm³/mol. The van der Waals surface area contributed by atoms with Crippen LogP contribution in [-0.2, 0) is 16.1 Å². The van der Waals surface area contributed by atoms with E-state index in [4.69, 9.17) is 14.2 Å². The molecule has 0 unspecified atom stereocenters. The first kappa shape index (κ1) is 10.5. The van der Waals surface area contributed by atoms with Crippen molar-refractivity contribution >= 4 is 0 Å². The zero-order valence-electron chi connectivity index (χ0n) is 9.10. The molecule has 0 spiro atoms. The van der Waals surface area contributed by atoms with Gasteiger partial charge in [-0.3, -0.25) is 0 Å². The Kier molecular flexibility index (Phi) is 3.23. The molecule has 0 radical (unpaired) electrons. The van der Waals surface area contributed by atoms with Crippen LogP contribution in [0, 0.1) is 0 Å². The SMILES string of the molecule is COc1ccc(COC[C@@H]2O[C@@H]2C)cc1. The fourth-order valence-electron chi connectivity index (χ4n) is 1.42. The summed E-state index contributed by atoms with van der Waals surface area (Å²) in [4.78, 5) is 0. The highest BCUT2D eigenvalue weighted by molar-refractivity contribution is 5.26. The molecule has 1 heterocycles. The van der Waals surface area contributed by atoms with Crippen LogP contribution >= 0.6 is 0 Å².